The Kier molecular flexibility index (Phi) is 7.53. The maximum atomic E-state index is 12.8. The van der Waals surface area contributed by atoms with Crippen molar-refractivity contribution in [3.63, 3.8) is 0 Å². The van der Waals surface area contributed by atoms with Gasteiger partial charge in [-0.15, -0.1) is 4.20 Å². The second-order valence-electron chi connectivity index (χ2n) is 2.80. The zero-order valence-electron chi connectivity index (χ0n) is 8.29. The van der Waals surface area contributed by atoms with Crippen LogP contribution in [0.15, 0.2) is 0 Å². The smallest absolute Gasteiger partial charge is 0.284 e. The van der Waals surface area contributed by atoms with Gasteiger partial charge in [0.25, 0.3) is 0 Å². The summed E-state index contributed by atoms with van der Waals surface area (Å²) in [5.74, 6) is 0. The molecular formula is C8H18FO3P. The third kappa shape index (κ3) is 8.41. The molecule has 0 aliphatic carbocycles. The van der Waals surface area contributed by atoms with Crippen LogP contribution in [0.2, 0.25) is 0 Å². The van der Waals surface area contributed by atoms with Gasteiger partial charge in [0.15, 0.2) is 0 Å². The van der Waals surface area contributed by atoms with Gasteiger partial charge < -0.3 is 0 Å². The van der Waals surface area contributed by atoms with E-state index in [-0.39, 0.29) is 13.2 Å². The fourth-order valence-corrected chi connectivity index (χ4v) is 1.44. The van der Waals surface area contributed by atoms with Crippen molar-refractivity contribution in [2.45, 2.75) is 39.5 Å². The monoisotopic (exact) mass is 212 g/mol. The highest BCUT2D eigenvalue weighted by Crippen LogP contribution is 2.49. The molecule has 0 aromatic carbocycles. The van der Waals surface area contributed by atoms with Crippen LogP contribution in [0.1, 0.15) is 39.5 Å². The number of unbranched alkanes of at least 4 members (excludes halogenated alkanes) is 2. The molecule has 0 atom stereocenters. The third-order valence-electron chi connectivity index (χ3n) is 1.49. The minimum absolute atomic E-state index is 0.163. The van der Waals surface area contributed by atoms with E-state index in [2.05, 4.69) is 9.05 Å². The molecular weight excluding hydrogens is 194 g/mol. The molecule has 0 heterocycles. The van der Waals surface area contributed by atoms with Crippen LogP contribution in [0.25, 0.3) is 0 Å². The quantitative estimate of drug-likeness (QED) is 0.454. The van der Waals surface area contributed by atoms with Gasteiger partial charge >= 0.3 is 7.91 Å². The minimum atomic E-state index is -4.25. The van der Waals surface area contributed by atoms with Gasteiger partial charge in [0, 0.05) is 0 Å². The summed E-state index contributed by atoms with van der Waals surface area (Å²) in [5.41, 5.74) is 0. The lowest BCUT2D eigenvalue weighted by Crippen LogP contribution is -1.95. The first-order valence-corrected chi connectivity index (χ1v) is 6.14. The molecule has 0 aliphatic heterocycles. The first-order valence-electron chi connectivity index (χ1n) is 4.71. The topological polar surface area (TPSA) is 35.5 Å². The van der Waals surface area contributed by atoms with E-state index in [0.29, 0.717) is 12.8 Å². The standard InChI is InChI=1S/C8H18FO3P/c1-3-5-7-11-13(9,10)12-8-6-4-2/h3-8H2,1-2H3. The lowest BCUT2D eigenvalue weighted by Gasteiger charge is -2.08. The lowest BCUT2D eigenvalue weighted by atomic mass is 10.4. The van der Waals surface area contributed by atoms with E-state index in [4.69, 9.17) is 0 Å². The first-order chi connectivity index (χ1) is 6.12. The molecule has 3 nitrogen and oxygen atoms in total. The van der Waals surface area contributed by atoms with Crippen LogP contribution in [-0.2, 0) is 13.6 Å². The molecule has 0 saturated carbocycles. The SMILES string of the molecule is CCCCOP(=O)(F)OCCCC. The van der Waals surface area contributed by atoms with Crippen molar-refractivity contribution >= 4 is 7.91 Å². The van der Waals surface area contributed by atoms with Crippen molar-refractivity contribution in [1.82, 2.24) is 0 Å². The molecule has 0 saturated heterocycles. The highest BCUT2D eigenvalue weighted by atomic mass is 31.2. The van der Waals surface area contributed by atoms with Crippen LogP contribution < -0.4 is 0 Å². The van der Waals surface area contributed by atoms with Gasteiger partial charge in [-0.1, -0.05) is 26.7 Å². The normalized spacial score (nSPS) is 11.9. The average Bonchev–Trinajstić information content (AvgIpc) is 2.05. The van der Waals surface area contributed by atoms with E-state index < -0.39 is 7.91 Å². The molecule has 0 radical (unpaired) electrons. The van der Waals surface area contributed by atoms with Crippen molar-refractivity contribution in [2.75, 3.05) is 13.2 Å². The van der Waals surface area contributed by atoms with Crippen molar-refractivity contribution in [1.29, 1.82) is 0 Å². The molecule has 0 bridgehead atoms. The van der Waals surface area contributed by atoms with Crippen molar-refractivity contribution < 1.29 is 17.8 Å². The molecule has 0 rings (SSSR count). The van der Waals surface area contributed by atoms with E-state index >= 15 is 0 Å². The second-order valence-corrected chi connectivity index (χ2v) is 4.18. The number of hydrogen-bond acceptors (Lipinski definition) is 3. The largest absolute Gasteiger partial charge is 0.513 e. The van der Waals surface area contributed by atoms with Gasteiger partial charge in [0.1, 0.15) is 0 Å². The Hall–Kier alpha value is 0.0800. The van der Waals surface area contributed by atoms with Gasteiger partial charge in [0.05, 0.1) is 13.2 Å². The van der Waals surface area contributed by atoms with Gasteiger partial charge in [-0.2, -0.15) is 0 Å². The van der Waals surface area contributed by atoms with E-state index in [0.717, 1.165) is 12.8 Å². The molecule has 0 spiro atoms. The van der Waals surface area contributed by atoms with Gasteiger partial charge in [-0.05, 0) is 12.8 Å². The zero-order chi connectivity index (χ0) is 10.2. The maximum absolute atomic E-state index is 12.8. The first kappa shape index (κ1) is 13.1. The molecule has 0 aromatic rings. The van der Waals surface area contributed by atoms with Gasteiger partial charge in [-0.3, -0.25) is 9.05 Å². The molecule has 0 fully saturated rings. The highest BCUT2D eigenvalue weighted by molar-refractivity contribution is 7.48. The van der Waals surface area contributed by atoms with Crippen LogP contribution >= 0.6 is 7.91 Å². The Labute approximate surface area is 79.3 Å². The fraction of sp³-hybridized carbons (Fsp3) is 1.00. The van der Waals surface area contributed by atoms with E-state index in [1.165, 1.54) is 0 Å². The Morgan fingerprint density at radius 1 is 1.08 bits per heavy atom. The summed E-state index contributed by atoms with van der Waals surface area (Å²) in [4.78, 5) is 0. The molecule has 0 aromatic heterocycles. The van der Waals surface area contributed by atoms with Crippen LogP contribution in [0.4, 0.5) is 4.20 Å². The highest BCUT2D eigenvalue weighted by Gasteiger charge is 2.22. The average molecular weight is 212 g/mol. The summed E-state index contributed by atoms with van der Waals surface area (Å²) < 4.78 is 32.7. The van der Waals surface area contributed by atoms with Crippen LogP contribution in [0, 0.1) is 0 Å². The third-order valence-corrected chi connectivity index (χ3v) is 2.47. The van der Waals surface area contributed by atoms with Crippen molar-refractivity contribution in [3.8, 4) is 0 Å². The lowest BCUT2D eigenvalue weighted by molar-refractivity contribution is 0.171. The Bertz CT molecular complexity index is 149. The summed E-state index contributed by atoms with van der Waals surface area (Å²) in [7, 11) is -4.25. The molecule has 0 unspecified atom stereocenters. The minimum Gasteiger partial charge on any atom is -0.284 e. The predicted octanol–water partition coefficient (Wildman–Crippen LogP) is 3.70. The van der Waals surface area contributed by atoms with Crippen LogP contribution in [0.5, 0.6) is 0 Å². The maximum Gasteiger partial charge on any atom is 0.513 e. The van der Waals surface area contributed by atoms with Crippen molar-refractivity contribution in [2.24, 2.45) is 0 Å². The molecule has 80 valence electrons. The van der Waals surface area contributed by atoms with Crippen LogP contribution in [0.3, 0.4) is 0 Å². The molecule has 0 amide bonds. The summed E-state index contributed by atoms with van der Waals surface area (Å²) >= 11 is 0. The molecule has 5 heteroatoms. The summed E-state index contributed by atoms with van der Waals surface area (Å²) in [6.07, 6.45) is 3.17. The Morgan fingerprint density at radius 2 is 1.46 bits per heavy atom. The van der Waals surface area contributed by atoms with Gasteiger partial charge in [-0.25, -0.2) is 4.57 Å². The fourth-order valence-electron chi connectivity index (χ4n) is 0.673. The summed E-state index contributed by atoms with van der Waals surface area (Å²) in [6.45, 7) is 4.22. The summed E-state index contributed by atoms with van der Waals surface area (Å²) in [5, 5.41) is 0. The van der Waals surface area contributed by atoms with E-state index in [9.17, 15) is 8.76 Å². The van der Waals surface area contributed by atoms with E-state index in [1.807, 2.05) is 13.8 Å². The summed E-state index contributed by atoms with van der Waals surface area (Å²) in [6, 6.07) is 0. The molecule has 0 aliphatic rings. The molecule has 0 N–H and O–H groups in total. The van der Waals surface area contributed by atoms with Gasteiger partial charge in [0.2, 0.25) is 0 Å². The molecule has 13 heavy (non-hydrogen) atoms. The zero-order valence-corrected chi connectivity index (χ0v) is 9.19. The van der Waals surface area contributed by atoms with Crippen molar-refractivity contribution in [3.05, 3.63) is 0 Å². The van der Waals surface area contributed by atoms with Crippen LogP contribution in [-0.4, -0.2) is 13.2 Å². The number of rotatable bonds is 8. The Balaban J connectivity index is 3.49. The number of hydrogen-bond donors (Lipinski definition) is 0. The predicted molar refractivity (Wildman–Crippen MR) is 50.4 cm³/mol. The number of halogens is 1. The Morgan fingerprint density at radius 3 is 1.77 bits per heavy atom. The second kappa shape index (κ2) is 7.48. The van der Waals surface area contributed by atoms with E-state index in [1.54, 1.807) is 0 Å².